The van der Waals surface area contributed by atoms with E-state index in [2.05, 4.69) is 10.6 Å². The first-order valence-electron chi connectivity index (χ1n) is 7.90. The van der Waals surface area contributed by atoms with Gasteiger partial charge in [0.15, 0.2) is 0 Å². The highest BCUT2D eigenvalue weighted by Crippen LogP contribution is 2.34. The largest absolute Gasteiger partial charge is 0.314 e. The molecule has 3 unspecified atom stereocenters. The molecule has 3 atom stereocenters. The molecule has 17 heavy (non-hydrogen) atoms. The number of hydrogen-bond donors (Lipinski definition) is 2. The van der Waals surface area contributed by atoms with Crippen molar-refractivity contribution in [2.75, 3.05) is 13.1 Å². The summed E-state index contributed by atoms with van der Waals surface area (Å²) in [6, 6.07) is 1.65. The van der Waals surface area contributed by atoms with Crippen LogP contribution in [0.2, 0.25) is 0 Å². The molecule has 2 N–H and O–H groups in total. The highest BCUT2D eigenvalue weighted by Gasteiger charge is 2.34. The number of hydrogen-bond acceptors (Lipinski definition) is 2. The zero-order chi connectivity index (χ0) is 11.5. The van der Waals surface area contributed by atoms with Gasteiger partial charge in [0.25, 0.3) is 0 Å². The molecule has 2 saturated carbocycles. The Labute approximate surface area is 106 Å². The Balaban J connectivity index is 1.44. The quantitative estimate of drug-likeness (QED) is 0.767. The molecule has 0 aromatic carbocycles. The number of piperidine rings is 1. The summed E-state index contributed by atoms with van der Waals surface area (Å²) in [5.74, 6) is 2.00. The Bertz CT molecular complexity index is 231. The van der Waals surface area contributed by atoms with Crippen molar-refractivity contribution in [3.63, 3.8) is 0 Å². The van der Waals surface area contributed by atoms with Gasteiger partial charge < -0.3 is 10.6 Å². The van der Waals surface area contributed by atoms with Crippen molar-refractivity contribution in [3.05, 3.63) is 0 Å². The van der Waals surface area contributed by atoms with E-state index in [4.69, 9.17) is 0 Å². The van der Waals surface area contributed by atoms with Crippen LogP contribution in [0.4, 0.5) is 0 Å². The summed E-state index contributed by atoms with van der Waals surface area (Å²) in [5, 5.41) is 7.62. The van der Waals surface area contributed by atoms with Gasteiger partial charge in [-0.05, 0) is 57.0 Å². The Hall–Kier alpha value is -0.0800. The summed E-state index contributed by atoms with van der Waals surface area (Å²) in [6.45, 7) is 2.54. The van der Waals surface area contributed by atoms with Crippen LogP contribution < -0.4 is 10.6 Å². The lowest BCUT2D eigenvalue weighted by Crippen LogP contribution is -2.47. The van der Waals surface area contributed by atoms with Gasteiger partial charge >= 0.3 is 0 Å². The van der Waals surface area contributed by atoms with Gasteiger partial charge in [-0.25, -0.2) is 0 Å². The Morgan fingerprint density at radius 1 is 0.941 bits per heavy atom. The third-order valence-electron chi connectivity index (χ3n) is 5.09. The number of rotatable bonds is 5. The fraction of sp³-hybridized carbons (Fsp3) is 1.00. The number of nitrogens with one attached hydrogen (secondary N) is 2. The summed E-state index contributed by atoms with van der Waals surface area (Å²) in [6.07, 6.45) is 13.0. The van der Waals surface area contributed by atoms with Gasteiger partial charge in [-0.15, -0.1) is 0 Å². The van der Waals surface area contributed by atoms with Gasteiger partial charge in [0, 0.05) is 12.1 Å². The van der Waals surface area contributed by atoms with E-state index in [1.165, 1.54) is 70.9 Å². The first-order chi connectivity index (χ1) is 8.43. The summed E-state index contributed by atoms with van der Waals surface area (Å²) in [4.78, 5) is 0. The average molecular weight is 236 g/mol. The van der Waals surface area contributed by atoms with Crippen LogP contribution in [-0.2, 0) is 0 Å². The van der Waals surface area contributed by atoms with E-state index < -0.39 is 0 Å². The molecule has 2 heteroatoms. The molecule has 0 radical (unpaired) electrons. The fourth-order valence-corrected chi connectivity index (χ4v) is 3.85. The fourth-order valence-electron chi connectivity index (χ4n) is 3.85. The van der Waals surface area contributed by atoms with Crippen LogP contribution in [0.25, 0.3) is 0 Å². The molecule has 0 amide bonds. The Morgan fingerprint density at radius 2 is 1.88 bits per heavy atom. The van der Waals surface area contributed by atoms with Gasteiger partial charge in [-0.1, -0.05) is 25.7 Å². The van der Waals surface area contributed by atoms with E-state index in [1.807, 2.05) is 0 Å². The molecule has 3 aliphatic rings. The van der Waals surface area contributed by atoms with E-state index >= 15 is 0 Å². The van der Waals surface area contributed by atoms with Gasteiger partial charge in [0.05, 0.1) is 0 Å². The predicted octanol–water partition coefficient (Wildman–Crippen LogP) is 2.69. The van der Waals surface area contributed by atoms with Crippen LogP contribution in [0, 0.1) is 11.8 Å². The lowest BCUT2D eigenvalue weighted by atomic mass is 9.88. The maximum atomic E-state index is 3.86. The lowest BCUT2D eigenvalue weighted by Gasteiger charge is -2.33. The van der Waals surface area contributed by atoms with Crippen molar-refractivity contribution < 1.29 is 0 Å². The van der Waals surface area contributed by atoms with Crippen LogP contribution in [0.15, 0.2) is 0 Å². The molecule has 2 aliphatic carbocycles. The van der Waals surface area contributed by atoms with Crippen molar-refractivity contribution in [1.82, 2.24) is 10.6 Å². The third-order valence-corrected chi connectivity index (χ3v) is 5.09. The second-order valence-electron chi connectivity index (χ2n) is 6.44. The SMILES string of the molecule is C1CCC(C2CCCC2NCCC2CC2)NC1. The van der Waals surface area contributed by atoms with Crippen LogP contribution in [-0.4, -0.2) is 25.2 Å². The zero-order valence-corrected chi connectivity index (χ0v) is 11.1. The van der Waals surface area contributed by atoms with Gasteiger partial charge in [-0.3, -0.25) is 0 Å². The average Bonchev–Trinajstić information content (AvgIpc) is 3.07. The molecule has 98 valence electrons. The summed E-state index contributed by atoms with van der Waals surface area (Å²) >= 11 is 0. The minimum absolute atomic E-state index is 0.823. The summed E-state index contributed by atoms with van der Waals surface area (Å²) in [7, 11) is 0. The summed E-state index contributed by atoms with van der Waals surface area (Å²) in [5.41, 5.74) is 0. The smallest absolute Gasteiger partial charge is 0.0110 e. The molecule has 1 heterocycles. The van der Waals surface area contributed by atoms with E-state index in [1.54, 1.807) is 0 Å². The molecule has 1 aliphatic heterocycles. The second kappa shape index (κ2) is 5.71. The Kier molecular flexibility index (Phi) is 4.02. The van der Waals surface area contributed by atoms with Crippen molar-refractivity contribution in [2.24, 2.45) is 11.8 Å². The van der Waals surface area contributed by atoms with E-state index in [0.29, 0.717) is 0 Å². The molecular weight excluding hydrogens is 208 g/mol. The highest BCUT2D eigenvalue weighted by molar-refractivity contribution is 4.92. The predicted molar refractivity (Wildman–Crippen MR) is 72.1 cm³/mol. The molecule has 2 nitrogen and oxygen atoms in total. The van der Waals surface area contributed by atoms with E-state index in [0.717, 1.165) is 23.9 Å². The standard InChI is InChI=1S/C15H28N2/c1-2-10-16-14(5-1)13-4-3-6-15(13)17-11-9-12-7-8-12/h12-17H,1-11H2. The maximum Gasteiger partial charge on any atom is 0.0110 e. The van der Waals surface area contributed by atoms with Crippen LogP contribution in [0.5, 0.6) is 0 Å². The van der Waals surface area contributed by atoms with Gasteiger partial charge in [-0.2, -0.15) is 0 Å². The molecule has 3 rings (SSSR count). The molecule has 0 spiro atoms. The van der Waals surface area contributed by atoms with Crippen molar-refractivity contribution in [3.8, 4) is 0 Å². The molecular formula is C15H28N2. The Morgan fingerprint density at radius 3 is 2.65 bits per heavy atom. The molecule has 0 aromatic heterocycles. The van der Waals surface area contributed by atoms with E-state index in [9.17, 15) is 0 Å². The molecule has 0 aromatic rings. The highest BCUT2D eigenvalue weighted by atomic mass is 15.0. The third kappa shape index (κ3) is 3.23. The topological polar surface area (TPSA) is 24.1 Å². The minimum atomic E-state index is 0.823. The lowest BCUT2D eigenvalue weighted by molar-refractivity contribution is 0.257. The van der Waals surface area contributed by atoms with Crippen molar-refractivity contribution in [1.29, 1.82) is 0 Å². The second-order valence-corrected chi connectivity index (χ2v) is 6.44. The van der Waals surface area contributed by atoms with Crippen LogP contribution in [0.3, 0.4) is 0 Å². The van der Waals surface area contributed by atoms with E-state index in [-0.39, 0.29) is 0 Å². The first kappa shape index (κ1) is 12.0. The van der Waals surface area contributed by atoms with Crippen molar-refractivity contribution >= 4 is 0 Å². The van der Waals surface area contributed by atoms with Crippen LogP contribution in [0.1, 0.15) is 57.8 Å². The molecule has 0 bridgehead atoms. The summed E-state index contributed by atoms with van der Waals surface area (Å²) < 4.78 is 0. The van der Waals surface area contributed by atoms with Crippen LogP contribution >= 0.6 is 0 Å². The van der Waals surface area contributed by atoms with Gasteiger partial charge in [0.1, 0.15) is 0 Å². The molecule has 1 saturated heterocycles. The monoisotopic (exact) mass is 236 g/mol. The molecule has 3 fully saturated rings. The minimum Gasteiger partial charge on any atom is -0.314 e. The maximum absolute atomic E-state index is 3.86. The normalized spacial score (nSPS) is 38.5. The van der Waals surface area contributed by atoms with Gasteiger partial charge in [0.2, 0.25) is 0 Å². The zero-order valence-electron chi connectivity index (χ0n) is 11.1. The van der Waals surface area contributed by atoms with Crippen molar-refractivity contribution in [2.45, 2.75) is 69.9 Å². The first-order valence-corrected chi connectivity index (χ1v) is 7.90.